The molecule has 0 radical (unpaired) electrons. The molecule has 0 aliphatic carbocycles. The number of amides is 2. The number of thiophene rings is 1. The number of carbonyl (C=O) groups excluding carboxylic acids is 2. The first-order valence-corrected chi connectivity index (χ1v) is 9.71. The number of para-hydroxylation sites is 1. The Morgan fingerprint density at radius 2 is 1.86 bits per heavy atom. The predicted molar refractivity (Wildman–Crippen MR) is 110 cm³/mol. The van der Waals surface area contributed by atoms with E-state index in [-0.39, 0.29) is 29.5 Å². The maximum atomic E-state index is 12.9. The molecule has 2 heterocycles. The van der Waals surface area contributed by atoms with Crippen molar-refractivity contribution in [3.8, 4) is 5.69 Å². The maximum absolute atomic E-state index is 12.9. The first-order chi connectivity index (χ1) is 13.4. The highest BCUT2D eigenvalue weighted by molar-refractivity contribution is 7.10. The van der Waals surface area contributed by atoms with E-state index in [0.717, 1.165) is 4.88 Å². The summed E-state index contributed by atoms with van der Waals surface area (Å²) in [5.41, 5.74) is 1.30. The first-order valence-electron chi connectivity index (χ1n) is 8.83. The minimum absolute atomic E-state index is 0.0409. The third-order valence-corrected chi connectivity index (χ3v) is 5.46. The number of nitrogens with zero attached hydrogens (tertiary/aromatic N) is 2. The van der Waals surface area contributed by atoms with Crippen LogP contribution in [0.5, 0.6) is 0 Å². The number of anilines is 1. The van der Waals surface area contributed by atoms with Gasteiger partial charge in [0, 0.05) is 18.8 Å². The van der Waals surface area contributed by atoms with Crippen LogP contribution in [0.1, 0.15) is 30.0 Å². The molecule has 146 valence electrons. The van der Waals surface area contributed by atoms with E-state index in [1.807, 2.05) is 47.8 Å². The Hall–Kier alpha value is -3.13. The van der Waals surface area contributed by atoms with E-state index in [2.05, 4.69) is 10.6 Å². The van der Waals surface area contributed by atoms with Crippen LogP contribution in [0.4, 0.5) is 5.69 Å². The van der Waals surface area contributed by atoms with Crippen LogP contribution in [-0.2, 0) is 16.6 Å². The van der Waals surface area contributed by atoms with Gasteiger partial charge in [-0.1, -0.05) is 24.3 Å². The summed E-state index contributed by atoms with van der Waals surface area (Å²) in [6, 6.07) is 12.5. The van der Waals surface area contributed by atoms with Gasteiger partial charge in [-0.2, -0.15) is 0 Å². The molecular formula is C20H22N4O3S. The average Bonchev–Trinajstić information content (AvgIpc) is 3.26. The van der Waals surface area contributed by atoms with Crippen LogP contribution in [0.2, 0.25) is 0 Å². The predicted octanol–water partition coefficient (Wildman–Crippen LogP) is 2.75. The van der Waals surface area contributed by atoms with Crippen molar-refractivity contribution in [1.29, 1.82) is 0 Å². The summed E-state index contributed by atoms with van der Waals surface area (Å²) in [5.74, 6) is -0.549. The van der Waals surface area contributed by atoms with E-state index < -0.39 is 6.04 Å². The van der Waals surface area contributed by atoms with Crippen LogP contribution in [0.25, 0.3) is 5.69 Å². The lowest BCUT2D eigenvalue weighted by atomic mass is 10.1. The van der Waals surface area contributed by atoms with Gasteiger partial charge in [-0.15, -0.1) is 11.3 Å². The van der Waals surface area contributed by atoms with E-state index in [4.69, 9.17) is 0 Å². The Labute approximate surface area is 166 Å². The van der Waals surface area contributed by atoms with Gasteiger partial charge in [0.15, 0.2) is 0 Å². The third-order valence-electron chi connectivity index (χ3n) is 4.47. The van der Waals surface area contributed by atoms with Crippen molar-refractivity contribution >= 4 is 28.8 Å². The Kier molecular flexibility index (Phi) is 5.79. The molecule has 0 aliphatic heterocycles. The lowest BCUT2D eigenvalue weighted by Crippen LogP contribution is -2.30. The highest BCUT2D eigenvalue weighted by Crippen LogP contribution is 2.23. The van der Waals surface area contributed by atoms with Crippen molar-refractivity contribution in [2.75, 3.05) is 5.32 Å². The van der Waals surface area contributed by atoms with E-state index in [1.165, 1.54) is 22.9 Å². The van der Waals surface area contributed by atoms with E-state index in [9.17, 15) is 14.4 Å². The highest BCUT2D eigenvalue weighted by atomic mass is 32.1. The van der Waals surface area contributed by atoms with Crippen LogP contribution in [0, 0.1) is 6.92 Å². The molecule has 2 amide bonds. The fraction of sp³-hybridized carbons (Fsp3) is 0.250. The van der Waals surface area contributed by atoms with Crippen molar-refractivity contribution in [3.63, 3.8) is 0 Å². The molecule has 1 aromatic carbocycles. The summed E-state index contributed by atoms with van der Waals surface area (Å²) < 4.78 is 3.22. The molecule has 3 rings (SSSR count). The molecule has 8 heteroatoms. The van der Waals surface area contributed by atoms with Gasteiger partial charge in [0.25, 0.3) is 5.56 Å². The van der Waals surface area contributed by atoms with Crippen LogP contribution in [-0.4, -0.2) is 21.2 Å². The molecular weight excluding hydrogens is 376 g/mol. The molecule has 0 fully saturated rings. The van der Waals surface area contributed by atoms with Gasteiger partial charge >= 0.3 is 0 Å². The summed E-state index contributed by atoms with van der Waals surface area (Å²) in [4.78, 5) is 37.9. The van der Waals surface area contributed by atoms with E-state index in [1.54, 1.807) is 18.7 Å². The number of nitrogens with one attached hydrogen (secondary N) is 2. The molecule has 2 N–H and O–H groups in total. The van der Waals surface area contributed by atoms with E-state index in [0.29, 0.717) is 11.4 Å². The second-order valence-electron chi connectivity index (χ2n) is 6.46. The largest absolute Gasteiger partial charge is 0.348 e. The van der Waals surface area contributed by atoms with Crippen LogP contribution in [0.3, 0.4) is 0 Å². The molecule has 28 heavy (non-hydrogen) atoms. The van der Waals surface area contributed by atoms with Crippen molar-refractivity contribution < 1.29 is 9.59 Å². The van der Waals surface area contributed by atoms with Gasteiger partial charge in [-0.05, 0) is 30.5 Å². The molecule has 2 aromatic heterocycles. The molecule has 0 aliphatic rings. The second-order valence-corrected chi connectivity index (χ2v) is 7.44. The zero-order valence-electron chi connectivity index (χ0n) is 15.9. The summed E-state index contributed by atoms with van der Waals surface area (Å²) in [7, 11) is 1.77. The Morgan fingerprint density at radius 1 is 1.14 bits per heavy atom. The third kappa shape index (κ3) is 4.07. The smallest absolute Gasteiger partial charge is 0.295 e. The molecule has 0 spiro atoms. The lowest BCUT2D eigenvalue weighted by Gasteiger charge is -2.16. The van der Waals surface area contributed by atoms with Crippen LogP contribution in [0.15, 0.2) is 52.6 Å². The molecule has 0 saturated carbocycles. The molecule has 7 nitrogen and oxygen atoms in total. The molecule has 1 atom stereocenters. The summed E-state index contributed by atoms with van der Waals surface area (Å²) in [6.07, 6.45) is 0.0409. The Morgan fingerprint density at radius 3 is 2.46 bits per heavy atom. The first kappa shape index (κ1) is 19.6. The minimum Gasteiger partial charge on any atom is -0.348 e. The van der Waals surface area contributed by atoms with Gasteiger partial charge in [-0.25, -0.2) is 4.68 Å². The zero-order chi connectivity index (χ0) is 20.3. The topological polar surface area (TPSA) is 85.1 Å². The standard InChI is InChI=1S/C20H22N4O3S/c1-13-19(20(27)24(23(13)3)15-8-5-4-6-9-15)22-18(26)12-16(21-14(2)25)17-10-7-11-28-17/h4-11,16H,12H2,1-3H3,(H,21,25)(H,22,26). The Bertz CT molecular complexity index is 1040. The monoisotopic (exact) mass is 398 g/mol. The Balaban J connectivity index is 1.84. The average molecular weight is 398 g/mol. The van der Waals surface area contributed by atoms with Crippen molar-refractivity contribution in [2.45, 2.75) is 26.3 Å². The SMILES string of the molecule is CC(=O)NC(CC(=O)Nc1c(C)n(C)n(-c2ccccc2)c1=O)c1cccs1. The van der Waals surface area contributed by atoms with Gasteiger partial charge in [0.1, 0.15) is 5.69 Å². The number of hydrogen-bond acceptors (Lipinski definition) is 4. The van der Waals surface area contributed by atoms with Gasteiger partial charge in [-0.3, -0.25) is 19.1 Å². The molecule has 0 saturated heterocycles. The van der Waals surface area contributed by atoms with Gasteiger partial charge in [0.05, 0.1) is 23.8 Å². The normalized spacial score (nSPS) is 11.8. The number of rotatable bonds is 6. The number of hydrogen-bond donors (Lipinski definition) is 2. The van der Waals surface area contributed by atoms with Crippen LogP contribution < -0.4 is 16.2 Å². The molecule has 0 bridgehead atoms. The number of benzene rings is 1. The fourth-order valence-corrected chi connectivity index (χ4v) is 3.82. The van der Waals surface area contributed by atoms with Gasteiger partial charge in [0.2, 0.25) is 11.8 Å². The minimum atomic E-state index is -0.433. The quantitative estimate of drug-likeness (QED) is 0.670. The number of aromatic nitrogens is 2. The number of carbonyl (C=O) groups is 2. The summed E-state index contributed by atoms with van der Waals surface area (Å²) in [6.45, 7) is 3.19. The lowest BCUT2D eigenvalue weighted by molar-refractivity contribution is -0.120. The zero-order valence-corrected chi connectivity index (χ0v) is 16.7. The second kappa shape index (κ2) is 8.26. The highest BCUT2D eigenvalue weighted by Gasteiger charge is 2.22. The molecule has 1 unspecified atom stereocenters. The van der Waals surface area contributed by atoms with Crippen LogP contribution >= 0.6 is 11.3 Å². The maximum Gasteiger partial charge on any atom is 0.295 e. The summed E-state index contributed by atoms with van der Waals surface area (Å²) >= 11 is 1.47. The van der Waals surface area contributed by atoms with Crippen molar-refractivity contribution in [2.24, 2.45) is 7.05 Å². The van der Waals surface area contributed by atoms with Crippen molar-refractivity contribution in [3.05, 3.63) is 68.8 Å². The van der Waals surface area contributed by atoms with Crippen molar-refractivity contribution in [1.82, 2.24) is 14.7 Å². The fourth-order valence-electron chi connectivity index (χ4n) is 3.05. The molecule has 3 aromatic rings. The summed E-state index contributed by atoms with van der Waals surface area (Å²) in [5, 5.41) is 7.42. The van der Waals surface area contributed by atoms with E-state index >= 15 is 0 Å². The van der Waals surface area contributed by atoms with Gasteiger partial charge < -0.3 is 10.6 Å².